The van der Waals surface area contributed by atoms with Crippen LogP contribution in [0.5, 0.6) is 0 Å². The summed E-state index contributed by atoms with van der Waals surface area (Å²) in [5, 5.41) is 28.4. The molecule has 0 N–H and O–H groups in total. The second kappa shape index (κ2) is 10.6. The van der Waals surface area contributed by atoms with Gasteiger partial charge >= 0.3 is 0 Å². The first kappa shape index (κ1) is 32.6. The van der Waals surface area contributed by atoms with E-state index < -0.39 is 34.0 Å². The fourth-order valence-corrected chi connectivity index (χ4v) is 12.7. The van der Waals surface area contributed by atoms with Crippen LogP contribution >= 0.6 is 34.0 Å². The SMILES string of the molecule is [C-]#[N+]c1cc2c(cc1C#N)C(=O)/C(=C\C1=Cc3sc4c(c3C1(C)C)C(C)(C)c1c-4sc3cc(C=C4C(=O)c5cc(C#N)c(C#N)cc5C4=O)sc13)C2=O. The zero-order chi connectivity index (χ0) is 37.5. The lowest BCUT2D eigenvalue weighted by Crippen LogP contribution is -2.24. The van der Waals surface area contributed by atoms with E-state index in [-0.39, 0.29) is 55.8 Å². The molecule has 0 fully saturated rings. The average molecular weight is 741 g/mol. The maximum atomic E-state index is 13.5. The molecule has 0 unspecified atom stereocenters. The molecule has 0 radical (unpaired) electrons. The van der Waals surface area contributed by atoms with Gasteiger partial charge in [0, 0.05) is 52.4 Å². The van der Waals surface area contributed by atoms with E-state index in [1.54, 1.807) is 34.8 Å². The number of allylic oxidation sites excluding steroid dienone is 4. The summed E-state index contributed by atoms with van der Waals surface area (Å²) in [7, 11) is 0. The highest BCUT2D eigenvalue weighted by Gasteiger charge is 2.49. The first-order chi connectivity index (χ1) is 25.2. The van der Waals surface area contributed by atoms with E-state index in [9.17, 15) is 35.0 Å². The fourth-order valence-electron chi connectivity index (χ4n) is 8.10. The van der Waals surface area contributed by atoms with Crippen molar-refractivity contribution in [3.05, 3.63) is 130 Å². The second-order valence-corrected chi connectivity index (χ2v) is 17.5. The standard InChI is InChI=1S/C42H20N4O4S3/c1-41(2)20(9-26-34(47)24-8-19(16-45)28(46-5)13-25(24)37(26)50)10-29-31(41)32-39(52-29)40-33(42(32,3)4)38-30(53-40)12-21(51-38)11-27-35(48)22-6-17(14-43)18(15-44)7-23(22)36(27)49/h6-13H,1-4H3/b26-9+. The van der Waals surface area contributed by atoms with Crippen LogP contribution in [0.25, 0.3) is 36.2 Å². The minimum atomic E-state index is -0.550. The largest absolute Gasteiger partial charge is 0.288 e. The minimum Gasteiger partial charge on any atom is -0.288 e. The van der Waals surface area contributed by atoms with Gasteiger partial charge in [0.25, 0.3) is 0 Å². The van der Waals surface area contributed by atoms with Gasteiger partial charge in [-0.3, -0.25) is 19.2 Å². The minimum absolute atomic E-state index is 0.00912. The first-order valence-corrected chi connectivity index (χ1v) is 18.7. The first-order valence-electron chi connectivity index (χ1n) is 16.3. The highest BCUT2D eigenvalue weighted by atomic mass is 32.1. The summed E-state index contributed by atoms with van der Waals surface area (Å²) >= 11 is 4.89. The number of nitrogens with zero attached hydrogens (tertiary/aromatic N) is 4. The van der Waals surface area contributed by atoms with Crippen LogP contribution in [0.3, 0.4) is 0 Å². The molecule has 0 aliphatic heterocycles. The number of rotatable bonds is 2. The van der Waals surface area contributed by atoms with Crippen molar-refractivity contribution < 1.29 is 19.2 Å². The molecule has 0 saturated heterocycles. The Morgan fingerprint density at radius 1 is 0.642 bits per heavy atom. The van der Waals surface area contributed by atoms with E-state index in [1.807, 2.05) is 24.3 Å². The molecule has 0 amide bonds. The Hall–Kier alpha value is -6.34. The Labute approximate surface area is 314 Å². The summed E-state index contributed by atoms with van der Waals surface area (Å²) in [6.07, 6.45) is 5.35. The van der Waals surface area contributed by atoms with Crippen molar-refractivity contribution in [1.29, 1.82) is 15.8 Å². The van der Waals surface area contributed by atoms with Gasteiger partial charge < -0.3 is 0 Å². The van der Waals surface area contributed by atoms with Gasteiger partial charge in [-0.05, 0) is 70.8 Å². The molecule has 0 atom stereocenters. The van der Waals surface area contributed by atoms with Crippen molar-refractivity contribution in [3.8, 4) is 28.0 Å². The predicted molar refractivity (Wildman–Crippen MR) is 203 cm³/mol. The molecular weight excluding hydrogens is 721 g/mol. The van der Waals surface area contributed by atoms with Crippen LogP contribution in [0.2, 0.25) is 0 Å². The molecule has 53 heavy (non-hydrogen) atoms. The van der Waals surface area contributed by atoms with Crippen molar-refractivity contribution >= 4 is 84.4 Å². The van der Waals surface area contributed by atoms with Gasteiger partial charge in [-0.25, -0.2) is 4.85 Å². The Morgan fingerprint density at radius 2 is 1.17 bits per heavy atom. The summed E-state index contributed by atoms with van der Waals surface area (Å²) in [5.41, 5.74) is 4.21. The smallest absolute Gasteiger partial charge is 0.205 e. The number of carbonyl (C=O) groups excluding carboxylic acids is 4. The van der Waals surface area contributed by atoms with Crippen molar-refractivity contribution in [2.45, 2.75) is 38.5 Å². The Balaban J connectivity index is 1.08. The number of ketones is 4. The third-order valence-electron chi connectivity index (χ3n) is 10.7. The van der Waals surface area contributed by atoms with Gasteiger partial charge in [-0.1, -0.05) is 27.7 Å². The number of Topliss-reactive ketones (excluding diaryl/α,β-unsaturated/α-hetero) is 4. The maximum absolute atomic E-state index is 13.5. The molecule has 9 rings (SSSR count). The third kappa shape index (κ3) is 4.10. The van der Waals surface area contributed by atoms with Crippen molar-refractivity contribution in [1.82, 2.24) is 0 Å². The quantitative estimate of drug-likeness (QED) is 0.0996. The lowest BCUT2D eigenvalue weighted by Gasteiger charge is -2.29. The van der Waals surface area contributed by atoms with Gasteiger partial charge in [-0.2, -0.15) is 15.8 Å². The molecule has 0 saturated carbocycles. The van der Waals surface area contributed by atoms with Crippen molar-refractivity contribution in [2.75, 3.05) is 0 Å². The molecule has 250 valence electrons. The summed E-state index contributed by atoms with van der Waals surface area (Å²) in [5.74, 6) is -1.83. The Bertz CT molecular complexity index is 2910. The lowest BCUT2D eigenvalue weighted by atomic mass is 9.73. The Morgan fingerprint density at radius 3 is 1.74 bits per heavy atom. The lowest BCUT2D eigenvalue weighted by molar-refractivity contribution is 0.0974. The normalized spacial score (nSPS) is 17.5. The number of hydrogen-bond acceptors (Lipinski definition) is 10. The molecule has 4 aliphatic rings. The summed E-state index contributed by atoms with van der Waals surface area (Å²) < 4.78 is 2.13. The molecule has 3 heterocycles. The van der Waals surface area contributed by atoms with Crippen LogP contribution in [0, 0.1) is 40.6 Å². The molecule has 4 aliphatic carbocycles. The topological polar surface area (TPSA) is 144 Å². The zero-order valence-electron chi connectivity index (χ0n) is 28.3. The molecule has 11 heteroatoms. The number of benzene rings is 2. The van der Waals surface area contributed by atoms with E-state index in [4.69, 9.17) is 6.57 Å². The fraction of sp³-hybridized carbons (Fsp3) is 0.143. The molecule has 0 bridgehead atoms. The van der Waals surface area contributed by atoms with E-state index in [2.05, 4.69) is 38.6 Å². The van der Waals surface area contributed by atoms with Crippen LogP contribution in [0.15, 0.2) is 53.1 Å². The van der Waals surface area contributed by atoms with E-state index in [1.165, 1.54) is 56.5 Å². The van der Waals surface area contributed by atoms with Gasteiger partial charge in [0.1, 0.15) is 12.1 Å². The van der Waals surface area contributed by atoms with E-state index >= 15 is 0 Å². The number of carbonyl (C=O) groups is 4. The summed E-state index contributed by atoms with van der Waals surface area (Å²) in [6.45, 7) is 16.0. The third-order valence-corrected chi connectivity index (χ3v) is 14.4. The van der Waals surface area contributed by atoms with Crippen LogP contribution in [0.4, 0.5) is 5.69 Å². The maximum Gasteiger partial charge on any atom is 0.205 e. The van der Waals surface area contributed by atoms with Gasteiger partial charge in [0.05, 0.1) is 50.1 Å². The van der Waals surface area contributed by atoms with Crippen LogP contribution in [-0.4, -0.2) is 23.1 Å². The number of fused-ring (bicyclic) bond motifs is 9. The molecule has 5 aromatic rings. The summed E-state index contributed by atoms with van der Waals surface area (Å²) in [6, 6.07) is 13.1. The van der Waals surface area contributed by atoms with Gasteiger partial charge in [-0.15, -0.1) is 34.0 Å². The van der Waals surface area contributed by atoms with E-state index in [0.29, 0.717) is 0 Å². The number of nitriles is 3. The molecular formula is C42H20N4O4S3. The predicted octanol–water partition coefficient (Wildman–Crippen LogP) is 9.64. The zero-order valence-corrected chi connectivity index (χ0v) is 30.7. The summed E-state index contributed by atoms with van der Waals surface area (Å²) in [4.78, 5) is 61.3. The molecule has 2 aromatic carbocycles. The highest BCUT2D eigenvalue weighted by molar-refractivity contribution is 7.32. The van der Waals surface area contributed by atoms with E-state index in [0.717, 1.165) is 30.3 Å². The number of thiophene rings is 3. The van der Waals surface area contributed by atoms with Crippen LogP contribution in [-0.2, 0) is 10.8 Å². The van der Waals surface area contributed by atoms with Gasteiger partial charge in [0.15, 0.2) is 23.1 Å². The van der Waals surface area contributed by atoms with Crippen LogP contribution in [0.1, 0.15) is 112 Å². The van der Waals surface area contributed by atoms with Crippen LogP contribution < -0.4 is 0 Å². The van der Waals surface area contributed by atoms with Crippen molar-refractivity contribution in [3.63, 3.8) is 0 Å². The molecule has 3 aromatic heterocycles. The van der Waals surface area contributed by atoms with Gasteiger partial charge in [0.2, 0.25) is 5.69 Å². The Kier molecular flexibility index (Phi) is 6.52. The monoisotopic (exact) mass is 740 g/mol. The molecule has 0 spiro atoms. The van der Waals surface area contributed by atoms with Crippen molar-refractivity contribution in [2.24, 2.45) is 0 Å². The second-order valence-electron chi connectivity index (χ2n) is 14.3. The highest BCUT2D eigenvalue weighted by Crippen LogP contribution is 2.64. The number of hydrogen-bond donors (Lipinski definition) is 0. The molecule has 8 nitrogen and oxygen atoms in total. The average Bonchev–Trinajstić information content (AvgIpc) is 3.96.